The van der Waals surface area contributed by atoms with E-state index in [1.165, 1.54) is 6.07 Å². The van der Waals surface area contributed by atoms with E-state index in [1.54, 1.807) is 0 Å². The van der Waals surface area contributed by atoms with E-state index in [0.717, 1.165) is 18.2 Å². The summed E-state index contributed by atoms with van der Waals surface area (Å²) in [5.74, 6) is 0.370. The second kappa shape index (κ2) is 7.47. The molecular weight excluding hydrogens is 327 g/mol. The van der Waals surface area contributed by atoms with E-state index >= 15 is 0 Å². The zero-order chi connectivity index (χ0) is 16.1. The van der Waals surface area contributed by atoms with Crippen molar-refractivity contribution < 1.29 is 21.6 Å². The number of hydrogen-bond acceptors (Lipinski definition) is 2. The van der Waals surface area contributed by atoms with Gasteiger partial charge in [0.1, 0.15) is 0 Å². The van der Waals surface area contributed by atoms with Crippen LogP contribution < -0.4 is 4.72 Å². The predicted molar refractivity (Wildman–Crippen MR) is 75.8 cm³/mol. The van der Waals surface area contributed by atoms with Crippen molar-refractivity contribution in [3.8, 4) is 0 Å². The molecule has 1 aromatic carbocycles. The van der Waals surface area contributed by atoms with Gasteiger partial charge in [-0.05, 0) is 24.5 Å². The first-order valence-electron chi connectivity index (χ1n) is 6.44. The Balaban J connectivity index is 2.99. The number of hydrogen-bond donors (Lipinski definition) is 1. The summed E-state index contributed by atoms with van der Waals surface area (Å²) in [4.78, 5) is -0.752. The Hall–Kier alpha value is -0.790. The summed E-state index contributed by atoms with van der Waals surface area (Å²) in [7, 11) is -4.21. The summed E-state index contributed by atoms with van der Waals surface area (Å²) in [6, 6.07) is 4.13. The van der Waals surface area contributed by atoms with Crippen molar-refractivity contribution in [3.63, 3.8) is 0 Å². The van der Waals surface area contributed by atoms with Crippen molar-refractivity contribution in [2.24, 2.45) is 5.92 Å². The number of alkyl halides is 4. The molecule has 0 saturated heterocycles. The van der Waals surface area contributed by atoms with Crippen molar-refractivity contribution in [3.05, 3.63) is 29.8 Å². The fourth-order valence-corrected chi connectivity index (χ4v) is 3.50. The van der Waals surface area contributed by atoms with E-state index < -0.39 is 26.7 Å². The molecule has 21 heavy (non-hydrogen) atoms. The minimum Gasteiger partial charge on any atom is -0.211 e. The average Bonchev–Trinajstić information content (AvgIpc) is 2.42. The Bertz CT molecular complexity index is 561. The number of sulfonamides is 1. The standard InChI is InChI=1S/C13H17ClF3NO2S/c1-2-10(7-8-14)9-18-21(19,20)12-6-4-3-5-11(12)13(15,16)17/h3-6,10,18H,2,7-9H2,1H3. The van der Waals surface area contributed by atoms with Crippen molar-refractivity contribution in [2.45, 2.75) is 30.8 Å². The molecule has 1 aromatic rings. The van der Waals surface area contributed by atoms with E-state index in [4.69, 9.17) is 11.6 Å². The lowest BCUT2D eigenvalue weighted by molar-refractivity contribution is -0.139. The van der Waals surface area contributed by atoms with E-state index in [0.29, 0.717) is 18.7 Å². The van der Waals surface area contributed by atoms with Crippen LogP contribution in [0.5, 0.6) is 0 Å². The van der Waals surface area contributed by atoms with Crippen LogP contribution in [-0.4, -0.2) is 20.8 Å². The smallest absolute Gasteiger partial charge is 0.211 e. The Kier molecular flexibility index (Phi) is 6.49. The highest BCUT2D eigenvalue weighted by atomic mass is 35.5. The fourth-order valence-electron chi connectivity index (χ4n) is 1.85. The molecule has 1 rings (SSSR count). The minimum atomic E-state index is -4.72. The number of nitrogens with one attached hydrogen (secondary N) is 1. The second-order valence-electron chi connectivity index (χ2n) is 4.60. The van der Waals surface area contributed by atoms with Crippen LogP contribution in [0.2, 0.25) is 0 Å². The van der Waals surface area contributed by atoms with Crippen LogP contribution in [0.4, 0.5) is 13.2 Å². The Morgan fingerprint density at radius 1 is 1.29 bits per heavy atom. The topological polar surface area (TPSA) is 46.2 Å². The minimum absolute atomic E-state index is 0.00433. The SMILES string of the molecule is CCC(CCCl)CNS(=O)(=O)c1ccccc1C(F)(F)F. The first-order chi connectivity index (χ1) is 9.72. The number of rotatable bonds is 7. The molecule has 0 aliphatic heterocycles. The molecule has 0 aliphatic carbocycles. The van der Waals surface area contributed by atoms with Gasteiger partial charge < -0.3 is 0 Å². The van der Waals surface area contributed by atoms with Gasteiger partial charge in [-0.3, -0.25) is 0 Å². The highest BCUT2D eigenvalue weighted by molar-refractivity contribution is 7.89. The maximum absolute atomic E-state index is 12.9. The number of halogens is 4. The first kappa shape index (κ1) is 18.3. The molecule has 1 unspecified atom stereocenters. The highest BCUT2D eigenvalue weighted by Crippen LogP contribution is 2.33. The molecule has 0 heterocycles. The predicted octanol–water partition coefficient (Wildman–Crippen LogP) is 3.64. The Morgan fingerprint density at radius 2 is 1.90 bits per heavy atom. The lowest BCUT2D eigenvalue weighted by Gasteiger charge is -2.17. The lowest BCUT2D eigenvalue weighted by atomic mass is 10.0. The molecule has 0 radical (unpaired) electrons. The quantitative estimate of drug-likeness (QED) is 0.768. The maximum Gasteiger partial charge on any atom is 0.417 e. The molecule has 120 valence electrons. The van der Waals surface area contributed by atoms with Crippen LogP contribution in [0, 0.1) is 5.92 Å². The summed E-state index contributed by atoms with van der Waals surface area (Å²) >= 11 is 5.60. The van der Waals surface area contributed by atoms with Gasteiger partial charge in [-0.15, -0.1) is 11.6 Å². The van der Waals surface area contributed by atoms with E-state index in [-0.39, 0.29) is 12.5 Å². The highest BCUT2D eigenvalue weighted by Gasteiger charge is 2.36. The summed E-state index contributed by atoms with van der Waals surface area (Å²) in [5.41, 5.74) is -1.16. The van der Waals surface area contributed by atoms with E-state index in [2.05, 4.69) is 4.72 Å². The summed E-state index contributed by atoms with van der Waals surface area (Å²) < 4.78 is 65.0. The molecule has 0 aromatic heterocycles. The second-order valence-corrected chi connectivity index (χ2v) is 6.71. The molecule has 1 atom stereocenters. The van der Waals surface area contributed by atoms with Crippen molar-refractivity contribution in [1.82, 2.24) is 4.72 Å². The summed E-state index contributed by atoms with van der Waals surface area (Å²) in [5, 5.41) is 0. The van der Waals surface area contributed by atoms with Crippen molar-refractivity contribution in [1.29, 1.82) is 0 Å². The molecule has 0 amide bonds. The van der Waals surface area contributed by atoms with Crippen LogP contribution in [-0.2, 0) is 16.2 Å². The van der Waals surface area contributed by atoms with Crippen LogP contribution in [0.25, 0.3) is 0 Å². The van der Waals surface area contributed by atoms with Gasteiger partial charge in [0.15, 0.2) is 0 Å². The van der Waals surface area contributed by atoms with Gasteiger partial charge in [-0.2, -0.15) is 13.2 Å². The maximum atomic E-state index is 12.9. The normalized spacial score (nSPS) is 14.1. The van der Waals surface area contributed by atoms with Gasteiger partial charge in [0.2, 0.25) is 10.0 Å². The third-order valence-electron chi connectivity index (χ3n) is 3.14. The van der Waals surface area contributed by atoms with E-state index in [1.807, 2.05) is 6.92 Å². The summed E-state index contributed by atoms with van der Waals surface area (Å²) in [6.45, 7) is 1.94. The number of benzene rings is 1. The first-order valence-corrected chi connectivity index (χ1v) is 8.46. The van der Waals surface area contributed by atoms with Gasteiger partial charge in [0.25, 0.3) is 0 Å². The molecule has 3 nitrogen and oxygen atoms in total. The van der Waals surface area contributed by atoms with Crippen LogP contribution >= 0.6 is 11.6 Å². The fraction of sp³-hybridized carbons (Fsp3) is 0.538. The molecule has 0 fully saturated rings. The van der Waals surface area contributed by atoms with E-state index in [9.17, 15) is 21.6 Å². The van der Waals surface area contributed by atoms with Gasteiger partial charge in [-0.25, -0.2) is 13.1 Å². The summed E-state index contributed by atoms with van der Waals surface area (Å²) in [6.07, 6.45) is -3.43. The van der Waals surface area contributed by atoms with Gasteiger partial charge in [0, 0.05) is 12.4 Å². The van der Waals surface area contributed by atoms with Gasteiger partial charge in [0.05, 0.1) is 10.5 Å². The van der Waals surface area contributed by atoms with Crippen LogP contribution in [0.1, 0.15) is 25.3 Å². The van der Waals surface area contributed by atoms with Crippen molar-refractivity contribution in [2.75, 3.05) is 12.4 Å². The molecule has 0 bridgehead atoms. The third kappa shape index (κ3) is 5.16. The molecule has 1 N–H and O–H groups in total. The lowest BCUT2D eigenvalue weighted by Crippen LogP contribution is -2.31. The van der Waals surface area contributed by atoms with Gasteiger partial charge in [-0.1, -0.05) is 25.5 Å². The van der Waals surface area contributed by atoms with Crippen molar-refractivity contribution >= 4 is 21.6 Å². The third-order valence-corrected chi connectivity index (χ3v) is 4.84. The van der Waals surface area contributed by atoms with Crippen LogP contribution in [0.3, 0.4) is 0 Å². The zero-order valence-corrected chi connectivity index (χ0v) is 13.0. The molecule has 0 saturated carbocycles. The molecule has 8 heteroatoms. The average molecular weight is 344 g/mol. The zero-order valence-electron chi connectivity index (χ0n) is 11.5. The largest absolute Gasteiger partial charge is 0.417 e. The van der Waals surface area contributed by atoms with Crippen LogP contribution in [0.15, 0.2) is 29.2 Å². The molecular formula is C13H17ClF3NO2S. The Morgan fingerprint density at radius 3 is 2.43 bits per heavy atom. The van der Waals surface area contributed by atoms with Gasteiger partial charge >= 0.3 is 6.18 Å². The Labute approximate surface area is 127 Å². The molecule has 0 spiro atoms. The molecule has 0 aliphatic rings. The monoisotopic (exact) mass is 343 g/mol.